The summed E-state index contributed by atoms with van der Waals surface area (Å²) in [6.45, 7) is 0. The molecule has 0 saturated heterocycles. The molecule has 0 aliphatic heterocycles. The highest BCUT2D eigenvalue weighted by atomic mass is 16.4. The lowest BCUT2D eigenvalue weighted by Crippen LogP contribution is -2.07. The predicted molar refractivity (Wildman–Crippen MR) is 93.7 cm³/mol. The van der Waals surface area contributed by atoms with Crippen LogP contribution in [0.5, 0.6) is 5.75 Å². The van der Waals surface area contributed by atoms with E-state index in [4.69, 9.17) is 8.83 Å². The zero-order valence-electron chi connectivity index (χ0n) is 13.2. The topological polar surface area (TPSA) is 66.8 Å². The summed E-state index contributed by atoms with van der Waals surface area (Å²) in [6, 6.07) is 14.3. The molecule has 0 spiro atoms. The standard InChI is InChI=1S/C19H15NO4/c1-20(2)12-8-7-11-9-16(23-15(11)10-12)19-18(22)17(21)13-5-3-4-6-14(13)24-19/h3-10,22H,1-2H3. The van der Waals surface area contributed by atoms with E-state index >= 15 is 0 Å². The van der Waals surface area contributed by atoms with Crippen molar-refractivity contribution in [1.29, 1.82) is 0 Å². The van der Waals surface area contributed by atoms with Crippen LogP contribution >= 0.6 is 0 Å². The molecule has 2 aromatic heterocycles. The maximum atomic E-state index is 12.3. The Balaban J connectivity index is 1.95. The van der Waals surface area contributed by atoms with Gasteiger partial charge in [0.1, 0.15) is 11.2 Å². The van der Waals surface area contributed by atoms with Crippen LogP contribution in [0.2, 0.25) is 0 Å². The Kier molecular flexibility index (Phi) is 3.09. The summed E-state index contributed by atoms with van der Waals surface area (Å²) in [5.41, 5.74) is 1.59. The fourth-order valence-corrected chi connectivity index (χ4v) is 2.71. The van der Waals surface area contributed by atoms with Gasteiger partial charge in [-0.2, -0.15) is 0 Å². The molecule has 0 saturated carbocycles. The van der Waals surface area contributed by atoms with Crippen molar-refractivity contribution in [2.45, 2.75) is 0 Å². The monoisotopic (exact) mass is 321 g/mol. The number of benzene rings is 2. The fraction of sp³-hybridized carbons (Fsp3) is 0.105. The third-order valence-corrected chi connectivity index (χ3v) is 4.02. The maximum Gasteiger partial charge on any atom is 0.235 e. The van der Waals surface area contributed by atoms with Crippen LogP contribution in [-0.2, 0) is 0 Å². The third kappa shape index (κ3) is 2.13. The van der Waals surface area contributed by atoms with Crippen LogP contribution < -0.4 is 10.3 Å². The van der Waals surface area contributed by atoms with E-state index in [0.29, 0.717) is 22.3 Å². The molecular formula is C19H15NO4. The van der Waals surface area contributed by atoms with Crippen molar-refractivity contribution in [3.63, 3.8) is 0 Å². The maximum absolute atomic E-state index is 12.3. The van der Waals surface area contributed by atoms with Crippen LogP contribution in [0.1, 0.15) is 0 Å². The first-order valence-corrected chi connectivity index (χ1v) is 7.50. The molecule has 0 aliphatic rings. The van der Waals surface area contributed by atoms with Crippen molar-refractivity contribution in [2.75, 3.05) is 19.0 Å². The highest BCUT2D eigenvalue weighted by Gasteiger charge is 2.18. The minimum Gasteiger partial charge on any atom is -0.501 e. The van der Waals surface area contributed by atoms with E-state index in [2.05, 4.69) is 0 Å². The summed E-state index contributed by atoms with van der Waals surface area (Å²) in [4.78, 5) is 14.3. The summed E-state index contributed by atoms with van der Waals surface area (Å²) in [7, 11) is 3.89. The molecule has 0 bridgehead atoms. The molecule has 4 aromatic rings. The number of furan rings is 1. The lowest BCUT2D eigenvalue weighted by molar-refractivity contribution is 0.442. The minimum absolute atomic E-state index is 0.0429. The summed E-state index contributed by atoms with van der Waals surface area (Å²) in [5, 5.41) is 11.4. The Morgan fingerprint density at radius 2 is 1.75 bits per heavy atom. The first-order chi connectivity index (χ1) is 11.5. The van der Waals surface area contributed by atoms with E-state index in [9.17, 15) is 9.90 Å². The van der Waals surface area contributed by atoms with E-state index in [1.165, 1.54) is 0 Å². The zero-order chi connectivity index (χ0) is 16.8. The van der Waals surface area contributed by atoms with E-state index in [1.54, 1.807) is 30.3 Å². The first kappa shape index (κ1) is 14.4. The molecule has 0 atom stereocenters. The van der Waals surface area contributed by atoms with Gasteiger partial charge in [-0.1, -0.05) is 12.1 Å². The second kappa shape index (κ2) is 5.16. The third-order valence-electron chi connectivity index (χ3n) is 4.02. The molecule has 2 aromatic carbocycles. The number of fused-ring (bicyclic) bond motifs is 2. The highest BCUT2D eigenvalue weighted by molar-refractivity contribution is 5.87. The van der Waals surface area contributed by atoms with Gasteiger partial charge in [0.15, 0.2) is 5.76 Å². The van der Waals surface area contributed by atoms with E-state index in [1.807, 2.05) is 37.2 Å². The molecule has 0 amide bonds. The van der Waals surface area contributed by atoms with Crippen molar-refractivity contribution in [3.8, 4) is 17.3 Å². The van der Waals surface area contributed by atoms with Crippen molar-refractivity contribution >= 4 is 27.6 Å². The van der Waals surface area contributed by atoms with Crippen LogP contribution in [0, 0.1) is 0 Å². The lowest BCUT2D eigenvalue weighted by Gasteiger charge is -2.11. The van der Waals surface area contributed by atoms with Crippen LogP contribution in [-0.4, -0.2) is 19.2 Å². The van der Waals surface area contributed by atoms with E-state index in [-0.39, 0.29) is 5.76 Å². The summed E-state index contributed by atoms with van der Waals surface area (Å²) in [5.74, 6) is -0.0804. The number of hydrogen-bond donors (Lipinski definition) is 1. The van der Waals surface area contributed by atoms with Gasteiger partial charge in [0.05, 0.1) is 5.39 Å². The van der Waals surface area contributed by atoms with Gasteiger partial charge in [-0.25, -0.2) is 0 Å². The Hall–Kier alpha value is -3.21. The highest BCUT2D eigenvalue weighted by Crippen LogP contribution is 2.35. The van der Waals surface area contributed by atoms with Crippen molar-refractivity contribution in [3.05, 3.63) is 58.8 Å². The molecule has 120 valence electrons. The molecule has 24 heavy (non-hydrogen) atoms. The Morgan fingerprint density at radius 1 is 0.958 bits per heavy atom. The van der Waals surface area contributed by atoms with Crippen LogP contribution in [0.15, 0.2) is 62.2 Å². The van der Waals surface area contributed by atoms with Crippen LogP contribution in [0.4, 0.5) is 5.69 Å². The van der Waals surface area contributed by atoms with Crippen molar-refractivity contribution < 1.29 is 13.9 Å². The summed E-state index contributed by atoms with van der Waals surface area (Å²) >= 11 is 0. The number of anilines is 1. The van der Waals surface area contributed by atoms with Crippen LogP contribution in [0.25, 0.3) is 33.5 Å². The average molecular weight is 321 g/mol. The van der Waals surface area contributed by atoms with E-state index < -0.39 is 11.2 Å². The molecule has 0 fully saturated rings. The molecule has 0 radical (unpaired) electrons. The zero-order valence-corrected chi connectivity index (χ0v) is 13.2. The van der Waals surface area contributed by atoms with Gasteiger partial charge in [-0.15, -0.1) is 0 Å². The molecular weight excluding hydrogens is 306 g/mol. The average Bonchev–Trinajstić information content (AvgIpc) is 3.01. The Bertz CT molecular complexity index is 1120. The number of aromatic hydroxyl groups is 1. The molecule has 1 N–H and O–H groups in total. The number of hydrogen-bond acceptors (Lipinski definition) is 5. The molecule has 4 rings (SSSR count). The van der Waals surface area contributed by atoms with Gasteiger partial charge in [0.2, 0.25) is 16.9 Å². The summed E-state index contributed by atoms with van der Waals surface area (Å²) < 4.78 is 11.5. The van der Waals surface area contributed by atoms with Gasteiger partial charge in [0, 0.05) is 31.2 Å². The van der Waals surface area contributed by atoms with Crippen molar-refractivity contribution in [2.24, 2.45) is 0 Å². The van der Waals surface area contributed by atoms with Gasteiger partial charge < -0.3 is 18.8 Å². The minimum atomic E-state index is -0.471. The number of para-hydroxylation sites is 1. The van der Waals surface area contributed by atoms with Gasteiger partial charge in [0.25, 0.3) is 0 Å². The van der Waals surface area contributed by atoms with Crippen LogP contribution in [0.3, 0.4) is 0 Å². The first-order valence-electron chi connectivity index (χ1n) is 7.50. The Morgan fingerprint density at radius 3 is 2.54 bits per heavy atom. The SMILES string of the molecule is CN(C)c1ccc2cc(-c3oc4ccccc4c(=O)c3O)oc2c1. The quantitative estimate of drug-likeness (QED) is 0.605. The van der Waals surface area contributed by atoms with Gasteiger partial charge in [-0.05, 0) is 30.3 Å². The Labute approximate surface area is 137 Å². The summed E-state index contributed by atoms with van der Waals surface area (Å²) in [6.07, 6.45) is 0. The molecule has 0 unspecified atom stereocenters. The van der Waals surface area contributed by atoms with Gasteiger partial charge >= 0.3 is 0 Å². The predicted octanol–water partition coefficient (Wildman–Crippen LogP) is 3.98. The van der Waals surface area contributed by atoms with Crippen molar-refractivity contribution in [1.82, 2.24) is 0 Å². The number of rotatable bonds is 2. The second-order valence-corrected chi connectivity index (χ2v) is 5.83. The molecule has 2 heterocycles. The molecule has 5 nitrogen and oxygen atoms in total. The smallest absolute Gasteiger partial charge is 0.235 e. The lowest BCUT2D eigenvalue weighted by atomic mass is 10.2. The normalized spacial score (nSPS) is 11.2. The number of nitrogens with zero attached hydrogens (tertiary/aromatic N) is 1. The van der Waals surface area contributed by atoms with E-state index in [0.717, 1.165) is 11.1 Å². The largest absolute Gasteiger partial charge is 0.501 e. The fourth-order valence-electron chi connectivity index (χ4n) is 2.71. The molecule has 5 heteroatoms. The second-order valence-electron chi connectivity index (χ2n) is 5.83. The van der Waals surface area contributed by atoms with Gasteiger partial charge in [-0.3, -0.25) is 4.79 Å². The molecule has 0 aliphatic carbocycles.